The van der Waals surface area contributed by atoms with E-state index in [-0.39, 0.29) is 11.9 Å². The van der Waals surface area contributed by atoms with Crippen LogP contribution in [-0.4, -0.2) is 37.6 Å². The van der Waals surface area contributed by atoms with Gasteiger partial charge in [-0.15, -0.1) is 0 Å². The van der Waals surface area contributed by atoms with Crippen LogP contribution in [0.2, 0.25) is 0 Å². The number of hydrogen-bond donors (Lipinski definition) is 0. The van der Waals surface area contributed by atoms with Gasteiger partial charge in [-0.3, -0.25) is 0 Å². The summed E-state index contributed by atoms with van der Waals surface area (Å²) < 4.78 is 88.2. The first-order valence-corrected chi connectivity index (χ1v) is 8.17. The fraction of sp³-hybridized carbons (Fsp3) is 0.455. The van der Waals surface area contributed by atoms with E-state index >= 15 is 0 Å². The predicted molar refractivity (Wildman–Crippen MR) is 70.0 cm³/mol. The van der Waals surface area contributed by atoms with Crippen LogP contribution in [0.1, 0.15) is 5.56 Å². The van der Waals surface area contributed by atoms with Crippen LogP contribution in [0, 0.1) is 0 Å². The van der Waals surface area contributed by atoms with Crippen LogP contribution in [0.5, 0.6) is 0 Å². The van der Waals surface area contributed by atoms with Gasteiger partial charge in [0.25, 0.3) is 6.43 Å². The summed E-state index contributed by atoms with van der Waals surface area (Å²) in [4.78, 5) is -1.03. The summed E-state index contributed by atoms with van der Waals surface area (Å²) in [6.07, 6.45) is -7.88. The van der Waals surface area contributed by atoms with Crippen LogP contribution in [0.15, 0.2) is 29.2 Å². The molecular weight excluding hydrogens is 385 g/mol. The molecule has 3 nitrogen and oxygen atoms in total. The van der Waals surface area contributed by atoms with E-state index < -0.39 is 39.6 Å². The topological polar surface area (TPSA) is 37.4 Å². The Labute approximate surface area is 126 Å². The van der Waals surface area contributed by atoms with Crippen LogP contribution < -0.4 is 0 Å². The van der Waals surface area contributed by atoms with Gasteiger partial charge in [-0.2, -0.15) is 17.5 Å². The summed E-state index contributed by atoms with van der Waals surface area (Å²) >= 11 is 2.89. The van der Waals surface area contributed by atoms with E-state index in [1.807, 2.05) is 0 Å². The molecule has 1 aromatic rings. The van der Waals surface area contributed by atoms with Crippen molar-refractivity contribution < 1.29 is 30.4 Å². The molecule has 0 aliphatic heterocycles. The molecule has 120 valence electrons. The fourth-order valence-electron chi connectivity index (χ4n) is 1.62. The molecule has 0 spiro atoms. The minimum atomic E-state index is -4.89. The molecule has 0 N–H and O–H groups in total. The maximum Gasteiger partial charge on any atom is 0.417 e. The van der Waals surface area contributed by atoms with Crippen molar-refractivity contribution in [2.24, 2.45) is 0 Å². The van der Waals surface area contributed by atoms with E-state index in [0.717, 1.165) is 18.2 Å². The second kappa shape index (κ2) is 7.01. The van der Waals surface area contributed by atoms with E-state index in [2.05, 4.69) is 15.9 Å². The minimum absolute atomic E-state index is 0.0210. The smallest absolute Gasteiger partial charge is 0.209 e. The first kappa shape index (κ1) is 18.3. The molecule has 0 fully saturated rings. The molecule has 0 bridgehead atoms. The third-order valence-electron chi connectivity index (χ3n) is 2.49. The Kier molecular flexibility index (Phi) is 6.11. The lowest BCUT2D eigenvalue weighted by Crippen LogP contribution is -2.37. The summed E-state index contributed by atoms with van der Waals surface area (Å²) in [5.41, 5.74) is -1.38. The van der Waals surface area contributed by atoms with Gasteiger partial charge in [0.2, 0.25) is 10.0 Å². The Morgan fingerprint density at radius 1 is 1.19 bits per heavy atom. The highest BCUT2D eigenvalue weighted by atomic mass is 79.9. The van der Waals surface area contributed by atoms with Crippen molar-refractivity contribution in [3.05, 3.63) is 29.8 Å². The quantitative estimate of drug-likeness (QED) is 0.547. The van der Waals surface area contributed by atoms with Gasteiger partial charge < -0.3 is 0 Å². The van der Waals surface area contributed by atoms with Crippen molar-refractivity contribution >= 4 is 26.0 Å². The molecule has 1 rings (SSSR count). The fourth-order valence-corrected chi connectivity index (χ4v) is 3.92. The predicted octanol–water partition coefficient (Wildman–Crippen LogP) is 3.36. The zero-order valence-corrected chi connectivity index (χ0v) is 12.9. The Morgan fingerprint density at radius 3 is 2.24 bits per heavy atom. The number of rotatable bonds is 6. The minimum Gasteiger partial charge on any atom is -0.209 e. The van der Waals surface area contributed by atoms with Gasteiger partial charge in [0.1, 0.15) is 0 Å². The van der Waals surface area contributed by atoms with E-state index in [4.69, 9.17) is 0 Å². The summed E-state index contributed by atoms with van der Waals surface area (Å²) in [6, 6.07) is 3.49. The van der Waals surface area contributed by atoms with Gasteiger partial charge >= 0.3 is 6.18 Å². The molecular formula is C11H11BrF5NO2S. The summed E-state index contributed by atoms with van der Waals surface area (Å²) in [7, 11) is -4.67. The van der Waals surface area contributed by atoms with Crippen molar-refractivity contribution in [2.45, 2.75) is 17.5 Å². The normalized spacial score (nSPS) is 13.1. The van der Waals surface area contributed by atoms with Gasteiger partial charge in [-0.05, 0) is 12.1 Å². The summed E-state index contributed by atoms with van der Waals surface area (Å²) in [5.74, 6) is 0. The van der Waals surface area contributed by atoms with E-state index in [9.17, 15) is 30.4 Å². The molecule has 0 aliphatic carbocycles. The lowest BCUT2D eigenvalue weighted by Gasteiger charge is -2.23. The highest BCUT2D eigenvalue weighted by molar-refractivity contribution is 9.09. The highest BCUT2D eigenvalue weighted by Gasteiger charge is 2.39. The lowest BCUT2D eigenvalue weighted by atomic mass is 10.2. The molecule has 0 amide bonds. The number of nitrogens with zero attached hydrogens (tertiary/aromatic N) is 1. The average molecular weight is 396 g/mol. The van der Waals surface area contributed by atoms with Gasteiger partial charge in [0, 0.05) is 11.9 Å². The first-order chi connectivity index (χ1) is 9.60. The Balaban J connectivity index is 3.35. The van der Waals surface area contributed by atoms with Crippen LogP contribution in [0.25, 0.3) is 0 Å². The molecule has 0 atom stereocenters. The number of sulfonamides is 1. The average Bonchev–Trinajstić information content (AvgIpc) is 2.36. The van der Waals surface area contributed by atoms with Gasteiger partial charge in [-0.1, -0.05) is 28.1 Å². The van der Waals surface area contributed by atoms with E-state index in [1.165, 1.54) is 0 Å². The zero-order chi connectivity index (χ0) is 16.3. The molecule has 0 saturated heterocycles. The number of benzene rings is 1. The number of alkyl halides is 6. The molecule has 1 aromatic carbocycles. The Morgan fingerprint density at radius 2 is 1.76 bits per heavy atom. The zero-order valence-electron chi connectivity index (χ0n) is 10.4. The SMILES string of the molecule is O=S(=O)(c1ccccc1C(F)(F)F)N(CCBr)CC(F)F. The van der Waals surface area contributed by atoms with Crippen molar-refractivity contribution in [1.29, 1.82) is 0 Å². The van der Waals surface area contributed by atoms with Crippen LogP contribution in [0.3, 0.4) is 0 Å². The molecule has 0 unspecified atom stereocenters. The largest absolute Gasteiger partial charge is 0.417 e. The molecule has 10 heteroatoms. The molecule has 0 radical (unpaired) electrons. The van der Waals surface area contributed by atoms with Gasteiger partial charge in [-0.25, -0.2) is 17.2 Å². The third-order valence-corrected chi connectivity index (χ3v) is 4.76. The maximum absolute atomic E-state index is 12.9. The van der Waals surface area contributed by atoms with Crippen LogP contribution in [-0.2, 0) is 16.2 Å². The second-order valence-corrected chi connectivity index (χ2v) is 6.64. The standard InChI is InChI=1S/C11H11BrF5NO2S/c12-5-6-18(7-10(13)14)21(19,20)9-4-2-1-3-8(9)11(15,16)17/h1-4,10H,5-7H2. The van der Waals surface area contributed by atoms with Gasteiger partial charge in [0.05, 0.1) is 17.0 Å². The van der Waals surface area contributed by atoms with Crippen molar-refractivity contribution in [3.8, 4) is 0 Å². The Bertz CT molecular complexity index is 576. The summed E-state index contributed by atoms with van der Waals surface area (Å²) in [5, 5.41) is 0.0210. The molecule has 0 aromatic heterocycles. The molecule has 0 heterocycles. The van der Waals surface area contributed by atoms with Crippen molar-refractivity contribution in [1.82, 2.24) is 4.31 Å². The highest BCUT2D eigenvalue weighted by Crippen LogP contribution is 2.35. The van der Waals surface area contributed by atoms with Crippen LogP contribution in [0.4, 0.5) is 22.0 Å². The van der Waals surface area contributed by atoms with E-state index in [0.29, 0.717) is 10.4 Å². The van der Waals surface area contributed by atoms with E-state index in [1.54, 1.807) is 0 Å². The lowest BCUT2D eigenvalue weighted by molar-refractivity contribution is -0.139. The van der Waals surface area contributed by atoms with Crippen molar-refractivity contribution in [2.75, 3.05) is 18.4 Å². The maximum atomic E-state index is 12.9. The first-order valence-electron chi connectivity index (χ1n) is 5.61. The van der Waals surface area contributed by atoms with Crippen LogP contribution >= 0.6 is 15.9 Å². The number of halogens is 6. The number of hydrogen-bond acceptors (Lipinski definition) is 2. The third kappa shape index (κ3) is 4.62. The summed E-state index contributed by atoms with van der Waals surface area (Å²) in [6.45, 7) is -1.53. The van der Waals surface area contributed by atoms with Crippen molar-refractivity contribution in [3.63, 3.8) is 0 Å². The Hall–Kier alpha value is -0.740. The molecule has 0 aliphatic rings. The van der Waals surface area contributed by atoms with Gasteiger partial charge in [0.15, 0.2) is 0 Å². The molecule has 0 saturated carbocycles. The monoisotopic (exact) mass is 395 g/mol. The molecule has 21 heavy (non-hydrogen) atoms. The second-order valence-electron chi connectivity index (χ2n) is 3.94.